The molecule has 1 aliphatic carbocycles. The normalized spacial score (nSPS) is 21.3. The van der Waals surface area contributed by atoms with Gasteiger partial charge in [-0.05, 0) is 57.9 Å². The van der Waals surface area contributed by atoms with Gasteiger partial charge < -0.3 is 15.4 Å². The van der Waals surface area contributed by atoms with Crippen molar-refractivity contribution in [3.8, 4) is 0 Å². The van der Waals surface area contributed by atoms with Gasteiger partial charge >= 0.3 is 0 Å². The minimum atomic E-state index is 0.139. The summed E-state index contributed by atoms with van der Waals surface area (Å²) in [6, 6.07) is 0.337. The second-order valence-corrected chi connectivity index (χ2v) is 11.3. The van der Waals surface area contributed by atoms with Crippen LogP contribution in [0.1, 0.15) is 52.6 Å². The van der Waals surface area contributed by atoms with Crippen LogP contribution in [0.3, 0.4) is 0 Å². The average molecular weight is 478 g/mol. The molecule has 9 heteroatoms. The number of hydrogen-bond donors (Lipinski definition) is 2. The fourth-order valence-electron chi connectivity index (χ4n) is 4.66. The van der Waals surface area contributed by atoms with Crippen molar-refractivity contribution in [1.82, 2.24) is 20.2 Å². The molecule has 2 aromatic rings. The lowest BCUT2D eigenvalue weighted by Gasteiger charge is -2.32. The fourth-order valence-corrected chi connectivity index (χ4v) is 6.44. The van der Waals surface area contributed by atoms with Crippen LogP contribution in [0, 0.1) is 12.8 Å². The summed E-state index contributed by atoms with van der Waals surface area (Å²) in [7, 11) is 1.72. The standard InChI is InChI=1S/C23H35N5O2S2/c1-16-25-14-19(31-16)13-22(29)26-18-5-3-17(4-6-18)7-10-28-11-8-21-20(15-28)27-23(32-21)24-9-12-30-2/h14,17-18H,3-13,15H2,1-2H3,(H,24,27)(H,26,29)/t17-,18-. The fraction of sp³-hybridized carbons (Fsp3) is 0.696. The summed E-state index contributed by atoms with van der Waals surface area (Å²) in [5.74, 6) is 0.913. The summed E-state index contributed by atoms with van der Waals surface area (Å²) in [5.41, 5.74) is 1.25. The second kappa shape index (κ2) is 11.5. The highest BCUT2D eigenvalue weighted by Gasteiger charge is 2.25. The van der Waals surface area contributed by atoms with Gasteiger partial charge in [-0.3, -0.25) is 9.69 Å². The minimum Gasteiger partial charge on any atom is -0.383 e. The van der Waals surface area contributed by atoms with Gasteiger partial charge in [-0.15, -0.1) is 22.7 Å². The number of nitrogens with zero attached hydrogens (tertiary/aromatic N) is 3. The molecular formula is C23H35N5O2S2. The molecule has 0 aromatic carbocycles. The first-order valence-corrected chi connectivity index (χ1v) is 13.4. The van der Waals surface area contributed by atoms with Crippen molar-refractivity contribution in [2.45, 2.75) is 64.5 Å². The zero-order valence-corrected chi connectivity index (χ0v) is 20.8. The van der Waals surface area contributed by atoms with E-state index in [0.29, 0.717) is 19.1 Å². The molecule has 2 aliphatic rings. The van der Waals surface area contributed by atoms with E-state index in [2.05, 4.69) is 20.5 Å². The van der Waals surface area contributed by atoms with Gasteiger partial charge in [0.05, 0.1) is 23.7 Å². The number of aryl methyl sites for hydroxylation is 1. The molecule has 1 aliphatic heterocycles. The molecule has 0 saturated heterocycles. The Hall–Kier alpha value is -1.55. The monoisotopic (exact) mass is 477 g/mol. The number of thiazole rings is 2. The van der Waals surface area contributed by atoms with Crippen molar-refractivity contribution < 1.29 is 9.53 Å². The van der Waals surface area contributed by atoms with Gasteiger partial charge in [-0.2, -0.15) is 0 Å². The average Bonchev–Trinajstić information content (AvgIpc) is 3.38. The van der Waals surface area contributed by atoms with Crippen LogP contribution in [-0.2, 0) is 28.9 Å². The van der Waals surface area contributed by atoms with Crippen LogP contribution in [0.25, 0.3) is 0 Å². The van der Waals surface area contributed by atoms with Crippen LogP contribution in [-0.4, -0.2) is 60.2 Å². The molecule has 1 fully saturated rings. The van der Waals surface area contributed by atoms with Gasteiger partial charge in [0.15, 0.2) is 5.13 Å². The molecule has 32 heavy (non-hydrogen) atoms. The second-order valence-electron chi connectivity index (χ2n) is 8.93. The Labute approximate surface area is 199 Å². The van der Waals surface area contributed by atoms with E-state index in [1.54, 1.807) is 29.8 Å². The lowest BCUT2D eigenvalue weighted by Crippen LogP contribution is -2.39. The lowest BCUT2D eigenvalue weighted by molar-refractivity contribution is -0.121. The summed E-state index contributed by atoms with van der Waals surface area (Å²) in [4.78, 5) is 26.4. The zero-order valence-electron chi connectivity index (χ0n) is 19.2. The van der Waals surface area contributed by atoms with Gasteiger partial charge in [0.25, 0.3) is 0 Å². The highest BCUT2D eigenvalue weighted by molar-refractivity contribution is 7.15. The van der Waals surface area contributed by atoms with E-state index in [0.717, 1.165) is 66.4 Å². The highest BCUT2D eigenvalue weighted by atomic mass is 32.1. The van der Waals surface area contributed by atoms with Crippen molar-refractivity contribution in [2.75, 3.05) is 38.7 Å². The maximum Gasteiger partial charge on any atom is 0.225 e. The predicted octanol–water partition coefficient (Wildman–Crippen LogP) is 3.63. The molecule has 2 N–H and O–H groups in total. The number of amides is 1. The molecule has 0 unspecified atom stereocenters. The Morgan fingerprint density at radius 1 is 1.28 bits per heavy atom. The molecule has 0 spiro atoms. The number of carbonyl (C=O) groups is 1. The van der Waals surface area contributed by atoms with Gasteiger partial charge in [-0.1, -0.05) is 0 Å². The first kappa shape index (κ1) is 23.6. The molecule has 4 rings (SSSR count). The zero-order chi connectivity index (χ0) is 22.3. The SMILES string of the molecule is COCCNc1nc2c(s1)CCN(CC[C@H]1CC[C@H](NC(=O)Cc3cnc(C)s3)CC1)C2. The molecule has 0 bridgehead atoms. The number of ether oxygens (including phenoxy) is 1. The molecule has 0 atom stereocenters. The summed E-state index contributed by atoms with van der Waals surface area (Å²) >= 11 is 3.41. The maximum atomic E-state index is 12.3. The molecule has 7 nitrogen and oxygen atoms in total. The van der Waals surface area contributed by atoms with E-state index in [4.69, 9.17) is 9.72 Å². The van der Waals surface area contributed by atoms with E-state index < -0.39 is 0 Å². The van der Waals surface area contributed by atoms with Crippen molar-refractivity contribution in [1.29, 1.82) is 0 Å². The van der Waals surface area contributed by atoms with Crippen LogP contribution in [0.4, 0.5) is 5.13 Å². The summed E-state index contributed by atoms with van der Waals surface area (Å²) in [6.07, 6.45) is 9.28. The molecule has 1 amide bonds. The quantitative estimate of drug-likeness (QED) is 0.509. The first-order valence-electron chi connectivity index (χ1n) is 11.7. The Kier molecular flexibility index (Phi) is 8.51. The number of anilines is 1. The van der Waals surface area contributed by atoms with Crippen molar-refractivity contribution in [2.24, 2.45) is 5.92 Å². The van der Waals surface area contributed by atoms with Crippen molar-refractivity contribution in [3.05, 3.63) is 26.7 Å². The van der Waals surface area contributed by atoms with Gasteiger partial charge in [-0.25, -0.2) is 9.97 Å². The number of carbonyl (C=O) groups excluding carboxylic acids is 1. The third-order valence-electron chi connectivity index (χ3n) is 6.46. The number of nitrogens with one attached hydrogen (secondary N) is 2. The molecule has 3 heterocycles. The van der Waals surface area contributed by atoms with E-state index in [-0.39, 0.29) is 5.91 Å². The van der Waals surface area contributed by atoms with Gasteiger partial charge in [0.2, 0.25) is 5.91 Å². The largest absolute Gasteiger partial charge is 0.383 e. The third-order valence-corrected chi connectivity index (χ3v) is 8.49. The van der Waals surface area contributed by atoms with E-state index in [1.807, 2.05) is 13.1 Å². The highest BCUT2D eigenvalue weighted by Crippen LogP contribution is 2.30. The van der Waals surface area contributed by atoms with Crippen molar-refractivity contribution >= 4 is 33.7 Å². The Bertz CT molecular complexity index is 876. The number of methoxy groups -OCH3 is 1. The van der Waals surface area contributed by atoms with Gasteiger partial charge in [0, 0.05) is 48.7 Å². The smallest absolute Gasteiger partial charge is 0.225 e. The first-order chi connectivity index (χ1) is 15.6. The molecule has 2 aromatic heterocycles. The van der Waals surface area contributed by atoms with Crippen LogP contribution < -0.4 is 10.6 Å². The Morgan fingerprint density at radius 2 is 2.12 bits per heavy atom. The van der Waals surface area contributed by atoms with Crippen LogP contribution >= 0.6 is 22.7 Å². The Balaban J connectivity index is 1.14. The molecule has 1 saturated carbocycles. The molecule has 0 radical (unpaired) electrons. The summed E-state index contributed by atoms with van der Waals surface area (Å²) < 4.78 is 5.11. The lowest BCUT2D eigenvalue weighted by atomic mass is 9.84. The summed E-state index contributed by atoms with van der Waals surface area (Å²) in [5, 5.41) is 8.66. The number of rotatable bonds is 10. The third kappa shape index (κ3) is 6.73. The van der Waals surface area contributed by atoms with Gasteiger partial charge in [0.1, 0.15) is 0 Å². The van der Waals surface area contributed by atoms with Crippen LogP contribution in [0.2, 0.25) is 0 Å². The Morgan fingerprint density at radius 3 is 2.88 bits per heavy atom. The van der Waals surface area contributed by atoms with E-state index >= 15 is 0 Å². The summed E-state index contributed by atoms with van der Waals surface area (Å²) in [6.45, 7) is 6.74. The van der Waals surface area contributed by atoms with Crippen LogP contribution in [0.5, 0.6) is 0 Å². The number of fused-ring (bicyclic) bond motifs is 1. The number of aromatic nitrogens is 2. The maximum absolute atomic E-state index is 12.3. The minimum absolute atomic E-state index is 0.139. The molecule has 176 valence electrons. The molecular weight excluding hydrogens is 442 g/mol. The van der Waals surface area contributed by atoms with E-state index in [9.17, 15) is 4.79 Å². The van der Waals surface area contributed by atoms with Crippen LogP contribution in [0.15, 0.2) is 6.20 Å². The topological polar surface area (TPSA) is 79.4 Å². The van der Waals surface area contributed by atoms with E-state index in [1.165, 1.54) is 29.8 Å². The predicted molar refractivity (Wildman–Crippen MR) is 131 cm³/mol. The van der Waals surface area contributed by atoms with Crippen molar-refractivity contribution in [3.63, 3.8) is 0 Å². The number of hydrogen-bond acceptors (Lipinski definition) is 8.